The van der Waals surface area contributed by atoms with Crippen molar-refractivity contribution in [3.8, 4) is 5.75 Å². The average Bonchev–Trinajstić information content (AvgIpc) is 3.22. The summed E-state index contributed by atoms with van der Waals surface area (Å²) < 4.78 is 17.1. The number of amides is 1. The predicted molar refractivity (Wildman–Crippen MR) is 143 cm³/mol. The van der Waals surface area contributed by atoms with Gasteiger partial charge in [0.1, 0.15) is 18.1 Å². The molecule has 7 nitrogen and oxygen atoms in total. The zero-order valence-corrected chi connectivity index (χ0v) is 21.6. The SMILES string of the molecule is Cc1noc(C)c1COc1cc2ccccc2cc1C(=O)NCc1cccc(CN2CCOC(C)C2)c1. The molecule has 1 saturated heterocycles. The molecule has 0 radical (unpaired) electrons. The molecule has 1 unspecified atom stereocenters. The second-order valence-corrected chi connectivity index (χ2v) is 9.71. The molecule has 37 heavy (non-hydrogen) atoms. The number of benzene rings is 3. The minimum absolute atomic E-state index is 0.174. The van der Waals surface area contributed by atoms with Crippen LogP contribution in [0.5, 0.6) is 5.75 Å². The van der Waals surface area contributed by atoms with E-state index in [1.807, 2.05) is 56.3 Å². The number of aromatic nitrogens is 1. The van der Waals surface area contributed by atoms with Crippen LogP contribution in [0.2, 0.25) is 0 Å². The normalized spacial score (nSPS) is 16.1. The van der Waals surface area contributed by atoms with Crippen molar-refractivity contribution in [2.45, 2.75) is 46.6 Å². The number of carbonyl (C=O) groups excluding carboxylic acids is 1. The summed E-state index contributed by atoms with van der Waals surface area (Å²) in [6, 6.07) is 20.2. The number of rotatable bonds is 8. The maximum absolute atomic E-state index is 13.4. The second kappa shape index (κ2) is 11.2. The summed E-state index contributed by atoms with van der Waals surface area (Å²) in [4.78, 5) is 15.8. The summed E-state index contributed by atoms with van der Waals surface area (Å²) in [5, 5.41) is 9.09. The Labute approximate surface area is 217 Å². The van der Waals surface area contributed by atoms with Gasteiger partial charge < -0.3 is 19.3 Å². The van der Waals surface area contributed by atoms with E-state index in [0.29, 0.717) is 17.9 Å². The van der Waals surface area contributed by atoms with E-state index in [-0.39, 0.29) is 18.6 Å². The Morgan fingerprint density at radius 3 is 2.62 bits per heavy atom. The van der Waals surface area contributed by atoms with Crippen LogP contribution in [0.25, 0.3) is 10.8 Å². The van der Waals surface area contributed by atoms with Gasteiger partial charge in [-0.15, -0.1) is 0 Å². The third-order valence-corrected chi connectivity index (χ3v) is 6.82. The van der Waals surface area contributed by atoms with Gasteiger partial charge >= 0.3 is 0 Å². The van der Waals surface area contributed by atoms with Crippen molar-refractivity contribution in [3.05, 3.63) is 94.4 Å². The van der Waals surface area contributed by atoms with Crippen LogP contribution in [0.15, 0.2) is 65.2 Å². The van der Waals surface area contributed by atoms with E-state index in [4.69, 9.17) is 14.0 Å². The molecule has 1 aromatic heterocycles. The van der Waals surface area contributed by atoms with Gasteiger partial charge in [-0.3, -0.25) is 9.69 Å². The van der Waals surface area contributed by atoms with Crippen molar-refractivity contribution < 1.29 is 18.8 Å². The highest BCUT2D eigenvalue weighted by atomic mass is 16.5. The van der Waals surface area contributed by atoms with E-state index in [1.165, 1.54) is 5.56 Å². The smallest absolute Gasteiger partial charge is 0.255 e. The van der Waals surface area contributed by atoms with Crippen LogP contribution in [0.1, 0.15) is 45.4 Å². The fraction of sp³-hybridized carbons (Fsp3) is 0.333. The molecule has 1 atom stereocenters. The third-order valence-electron chi connectivity index (χ3n) is 6.82. The van der Waals surface area contributed by atoms with Crippen LogP contribution in [-0.2, 0) is 24.4 Å². The quantitative estimate of drug-likeness (QED) is 0.360. The standard InChI is InChI=1S/C30H33N3O4/c1-20-17-33(11-12-35-20)18-24-8-6-7-23(13-24)16-31-30(34)27-14-25-9-4-5-10-26(25)15-29(27)36-19-28-21(2)32-37-22(28)3/h4-10,13-15,20H,11-12,16-19H2,1-3H3,(H,31,34). The summed E-state index contributed by atoms with van der Waals surface area (Å²) in [5.74, 6) is 1.08. The Hall–Kier alpha value is -3.68. The number of morpholine rings is 1. The summed E-state index contributed by atoms with van der Waals surface area (Å²) in [7, 11) is 0. The lowest BCUT2D eigenvalue weighted by atomic mass is 10.0. The third kappa shape index (κ3) is 6.01. The minimum Gasteiger partial charge on any atom is -0.488 e. The molecule has 4 aromatic rings. The highest BCUT2D eigenvalue weighted by Crippen LogP contribution is 2.28. The molecule has 1 aliphatic heterocycles. The molecule has 0 spiro atoms. The van der Waals surface area contributed by atoms with Gasteiger partial charge in [0, 0.05) is 26.2 Å². The number of nitrogens with zero attached hydrogens (tertiary/aromatic N) is 2. The first-order valence-corrected chi connectivity index (χ1v) is 12.7. The number of carbonyl (C=O) groups is 1. The first-order chi connectivity index (χ1) is 18.0. The van der Waals surface area contributed by atoms with Gasteiger partial charge in [0.05, 0.1) is 29.5 Å². The molecule has 0 aliphatic carbocycles. The Morgan fingerprint density at radius 1 is 1.08 bits per heavy atom. The monoisotopic (exact) mass is 499 g/mol. The molecule has 3 aromatic carbocycles. The second-order valence-electron chi connectivity index (χ2n) is 9.71. The van der Waals surface area contributed by atoms with Crippen molar-refractivity contribution in [2.75, 3.05) is 19.7 Å². The van der Waals surface area contributed by atoms with E-state index >= 15 is 0 Å². The molecule has 5 rings (SSSR count). The molecular weight excluding hydrogens is 466 g/mol. The number of fused-ring (bicyclic) bond motifs is 1. The van der Waals surface area contributed by atoms with E-state index in [0.717, 1.165) is 59.6 Å². The molecule has 1 aliphatic rings. The lowest BCUT2D eigenvalue weighted by Gasteiger charge is -2.31. The maximum atomic E-state index is 13.4. The molecule has 7 heteroatoms. The van der Waals surface area contributed by atoms with E-state index in [1.54, 1.807) is 0 Å². The fourth-order valence-corrected chi connectivity index (χ4v) is 4.78. The molecule has 2 heterocycles. The zero-order chi connectivity index (χ0) is 25.8. The molecule has 0 bridgehead atoms. The van der Waals surface area contributed by atoms with Crippen molar-refractivity contribution in [3.63, 3.8) is 0 Å². The lowest BCUT2D eigenvalue weighted by molar-refractivity contribution is -0.0212. The van der Waals surface area contributed by atoms with Gasteiger partial charge in [0.25, 0.3) is 5.91 Å². The summed E-state index contributed by atoms with van der Waals surface area (Å²) in [5.41, 5.74) is 4.48. The van der Waals surface area contributed by atoms with Gasteiger partial charge in [0.2, 0.25) is 0 Å². The van der Waals surface area contributed by atoms with Gasteiger partial charge in [-0.05, 0) is 54.8 Å². The minimum atomic E-state index is -0.174. The van der Waals surface area contributed by atoms with Crippen molar-refractivity contribution >= 4 is 16.7 Å². The van der Waals surface area contributed by atoms with Crippen LogP contribution in [0.3, 0.4) is 0 Å². The van der Waals surface area contributed by atoms with Crippen LogP contribution >= 0.6 is 0 Å². The highest BCUT2D eigenvalue weighted by molar-refractivity contribution is 6.01. The van der Waals surface area contributed by atoms with E-state index < -0.39 is 0 Å². The number of aryl methyl sites for hydroxylation is 2. The zero-order valence-electron chi connectivity index (χ0n) is 21.6. The van der Waals surface area contributed by atoms with Crippen LogP contribution in [0, 0.1) is 13.8 Å². The number of ether oxygens (including phenoxy) is 2. The average molecular weight is 500 g/mol. The summed E-state index contributed by atoms with van der Waals surface area (Å²) in [6.45, 7) is 10.1. The number of nitrogens with one attached hydrogen (secondary N) is 1. The Kier molecular flexibility index (Phi) is 7.53. The summed E-state index contributed by atoms with van der Waals surface area (Å²) in [6.07, 6.45) is 0.257. The molecular formula is C30H33N3O4. The summed E-state index contributed by atoms with van der Waals surface area (Å²) >= 11 is 0. The van der Waals surface area contributed by atoms with Crippen LogP contribution in [-0.4, -0.2) is 41.8 Å². The van der Waals surface area contributed by atoms with Crippen LogP contribution < -0.4 is 10.1 Å². The largest absolute Gasteiger partial charge is 0.488 e. The maximum Gasteiger partial charge on any atom is 0.255 e. The van der Waals surface area contributed by atoms with E-state index in [2.05, 4.69) is 40.5 Å². The molecule has 1 amide bonds. The molecule has 1 fully saturated rings. The molecule has 1 N–H and O–H groups in total. The Morgan fingerprint density at radius 2 is 1.86 bits per heavy atom. The van der Waals surface area contributed by atoms with Crippen molar-refractivity contribution in [2.24, 2.45) is 0 Å². The van der Waals surface area contributed by atoms with Gasteiger partial charge in [0.15, 0.2) is 0 Å². The Balaban J connectivity index is 1.30. The first kappa shape index (κ1) is 25.0. The van der Waals surface area contributed by atoms with Gasteiger partial charge in [-0.1, -0.05) is 53.7 Å². The number of hydrogen-bond acceptors (Lipinski definition) is 6. The van der Waals surface area contributed by atoms with Gasteiger partial charge in [-0.25, -0.2) is 0 Å². The van der Waals surface area contributed by atoms with Crippen LogP contribution in [0.4, 0.5) is 0 Å². The highest BCUT2D eigenvalue weighted by Gasteiger charge is 2.18. The fourth-order valence-electron chi connectivity index (χ4n) is 4.78. The topological polar surface area (TPSA) is 76.8 Å². The molecule has 0 saturated carbocycles. The van der Waals surface area contributed by atoms with E-state index in [9.17, 15) is 4.79 Å². The van der Waals surface area contributed by atoms with Crippen molar-refractivity contribution in [1.82, 2.24) is 15.4 Å². The Bertz CT molecular complexity index is 1380. The van der Waals surface area contributed by atoms with Gasteiger partial charge in [-0.2, -0.15) is 0 Å². The predicted octanol–water partition coefficient (Wildman–Crippen LogP) is 5.17. The lowest BCUT2D eigenvalue weighted by Crippen LogP contribution is -2.40. The first-order valence-electron chi connectivity index (χ1n) is 12.7. The van der Waals surface area contributed by atoms with Crippen molar-refractivity contribution in [1.29, 1.82) is 0 Å². The number of hydrogen-bond donors (Lipinski definition) is 1. The molecule has 192 valence electrons.